The zero-order valence-electron chi connectivity index (χ0n) is 11.7. The first-order valence-corrected chi connectivity index (χ1v) is 5.68. The molecule has 0 aliphatic rings. The van der Waals surface area contributed by atoms with Crippen molar-refractivity contribution in [1.82, 2.24) is 9.91 Å². The zero-order valence-corrected chi connectivity index (χ0v) is 11.7. The molecule has 0 aliphatic heterocycles. The number of carbonyl (C=O) groups excluding carboxylic acids is 1. The predicted octanol–water partition coefficient (Wildman–Crippen LogP) is 1.31. The van der Waals surface area contributed by atoms with Crippen LogP contribution in [0.1, 0.15) is 20.3 Å². The molecule has 0 atom stereocenters. The minimum Gasteiger partial charge on any atom is -0.383 e. The monoisotopic (exact) mass is 228 g/mol. The van der Waals surface area contributed by atoms with Crippen LogP contribution in [0, 0.1) is 0 Å². The van der Waals surface area contributed by atoms with E-state index in [1.54, 1.807) is 0 Å². The molecule has 4 heteroatoms. The molecule has 0 heterocycles. The average Bonchev–Trinajstić information content (AvgIpc) is 2.10. The van der Waals surface area contributed by atoms with E-state index in [2.05, 4.69) is 6.92 Å². The highest BCUT2D eigenvalue weighted by Crippen LogP contribution is 2.09. The van der Waals surface area contributed by atoms with E-state index < -0.39 is 0 Å². The van der Waals surface area contributed by atoms with Crippen LogP contribution < -0.4 is 0 Å². The lowest BCUT2D eigenvalue weighted by atomic mass is 10.3. The number of carbonyl (C=O) groups is 1. The molecule has 0 fully saturated rings. The van der Waals surface area contributed by atoms with Gasteiger partial charge in [-0.3, -0.25) is 4.79 Å². The first-order valence-electron chi connectivity index (χ1n) is 5.68. The highest BCUT2D eigenvalue weighted by atomic mass is 16.2. The van der Waals surface area contributed by atoms with Crippen LogP contribution in [0.25, 0.3) is 0 Å². The molecule has 0 rings (SSSR count). The quantitative estimate of drug-likeness (QED) is 0.402. The first-order chi connectivity index (χ1) is 7.20. The summed E-state index contributed by atoms with van der Waals surface area (Å²) in [6.07, 6.45) is 2.83. The van der Waals surface area contributed by atoms with Gasteiger partial charge in [0.05, 0.1) is 27.7 Å². The number of quaternary nitrogens is 1. The largest absolute Gasteiger partial charge is 0.383 e. The fourth-order valence-electron chi connectivity index (χ4n) is 1.53. The highest BCUT2D eigenvalue weighted by Gasteiger charge is 2.26. The summed E-state index contributed by atoms with van der Waals surface area (Å²) in [7, 11) is 9.88. The van der Waals surface area contributed by atoms with Gasteiger partial charge in [-0.25, -0.2) is 4.59 Å². The van der Waals surface area contributed by atoms with Crippen LogP contribution in [-0.2, 0) is 4.79 Å². The maximum atomic E-state index is 12.2. The standard InChI is InChI=1S/C12H26N3O/c1-8-9-14(15(5,6)7)12(16)11(2)10-13(3)4/h10H,8-9H2,1-7H3/q+1. The molecular weight excluding hydrogens is 202 g/mol. The van der Waals surface area contributed by atoms with E-state index in [0.29, 0.717) is 4.59 Å². The molecule has 0 bridgehead atoms. The fourth-order valence-corrected chi connectivity index (χ4v) is 1.53. The summed E-state index contributed by atoms with van der Waals surface area (Å²) in [5.74, 6) is 0.100. The summed E-state index contributed by atoms with van der Waals surface area (Å²) in [5.41, 5.74) is 0.770. The Morgan fingerprint density at radius 3 is 2.06 bits per heavy atom. The number of nitrogens with zero attached hydrogens (tertiary/aromatic N) is 3. The van der Waals surface area contributed by atoms with Gasteiger partial charge >= 0.3 is 0 Å². The summed E-state index contributed by atoms with van der Waals surface area (Å²) >= 11 is 0. The summed E-state index contributed by atoms with van der Waals surface area (Å²) in [6.45, 7) is 4.72. The Labute approximate surface area is 99.7 Å². The van der Waals surface area contributed by atoms with E-state index in [1.165, 1.54) is 0 Å². The van der Waals surface area contributed by atoms with Crippen molar-refractivity contribution in [3.8, 4) is 0 Å². The van der Waals surface area contributed by atoms with Crippen molar-refractivity contribution < 1.29 is 9.39 Å². The zero-order chi connectivity index (χ0) is 12.9. The highest BCUT2D eigenvalue weighted by molar-refractivity contribution is 5.91. The average molecular weight is 228 g/mol. The molecule has 0 radical (unpaired) electrons. The van der Waals surface area contributed by atoms with Crippen LogP contribution in [0.2, 0.25) is 0 Å². The van der Waals surface area contributed by atoms with E-state index in [9.17, 15) is 4.79 Å². The molecule has 0 aromatic heterocycles. The van der Waals surface area contributed by atoms with Gasteiger partial charge in [-0.1, -0.05) is 6.92 Å². The van der Waals surface area contributed by atoms with Crippen molar-refractivity contribution in [2.24, 2.45) is 0 Å². The molecule has 16 heavy (non-hydrogen) atoms. The number of hydrogen-bond acceptors (Lipinski definition) is 2. The van der Waals surface area contributed by atoms with Crippen molar-refractivity contribution in [2.45, 2.75) is 20.3 Å². The predicted molar refractivity (Wildman–Crippen MR) is 67.5 cm³/mol. The summed E-state index contributed by atoms with van der Waals surface area (Å²) in [6, 6.07) is 0. The second kappa shape index (κ2) is 5.89. The SMILES string of the molecule is CCCN(C(=O)C(C)=CN(C)C)[N+](C)(C)C. The van der Waals surface area contributed by atoms with Crippen LogP contribution in [0.4, 0.5) is 0 Å². The Morgan fingerprint density at radius 1 is 1.25 bits per heavy atom. The van der Waals surface area contributed by atoms with Gasteiger partial charge < -0.3 is 4.90 Å². The molecule has 0 unspecified atom stereocenters. The van der Waals surface area contributed by atoms with E-state index >= 15 is 0 Å². The van der Waals surface area contributed by atoms with Gasteiger partial charge in [-0.15, -0.1) is 0 Å². The third-order valence-corrected chi connectivity index (χ3v) is 2.18. The van der Waals surface area contributed by atoms with Gasteiger partial charge in [0.25, 0.3) is 5.91 Å². The van der Waals surface area contributed by atoms with Crippen LogP contribution >= 0.6 is 0 Å². The van der Waals surface area contributed by atoms with Gasteiger partial charge in [0.15, 0.2) is 0 Å². The Kier molecular flexibility index (Phi) is 5.51. The lowest BCUT2D eigenvalue weighted by Gasteiger charge is -2.36. The van der Waals surface area contributed by atoms with Crippen molar-refractivity contribution in [1.29, 1.82) is 0 Å². The maximum Gasteiger partial charge on any atom is 0.295 e. The van der Waals surface area contributed by atoms with E-state index in [1.807, 2.05) is 58.3 Å². The number of rotatable bonds is 5. The minimum atomic E-state index is 0.100. The molecule has 0 aliphatic carbocycles. The van der Waals surface area contributed by atoms with Gasteiger partial charge in [0, 0.05) is 25.9 Å². The van der Waals surface area contributed by atoms with Crippen LogP contribution in [0.15, 0.2) is 11.8 Å². The van der Waals surface area contributed by atoms with Gasteiger partial charge in [-0.05, 0) is 13.3 Å². The molecule has 0 spiro atoms. The maximum absolute atomic E-state index is 12.2. The Balaban J connectivity index is 4.89. The second-order valence-corrected chi connectivity index (χ2v) is 5.15. The second-order valence-electron chi connectivity index (χ2n) is 5.15. The molecule has 0 saturated heterocycles. The molecular formula is C12H26N3O+. The summed E-state index contributed by atoms with van der Waals surface area (Å²) < 4.78 is 0.533. The Bertz CT molecular complexity index is 264. The smallest absolute Gasteiger partial charge is 0.295 e. The van der Waals surface area contributed by atoms with Crippen molar-refractivity contribution in [3.05, 3.63) is 11.8 Å². The van der Waals surface area contributed by atoms with Gasteiger partial charge in [-0.2, -0.15) is 5.01 Å². The number of amides is 1. The van der Waals surface area contributed by atoms with Crippen LogP contribution in [0.3, 0.4) is 0 Å². The molecule has 1 amide bonds. The molecule has 94 valence electrons. The van der Waals surface area contributed by atoms with E-state index in [-0.39, 0.29) is 5.91 Å². The topological polar surface area (TPSA) is 23.6 Å². The van der Waals surface area contributed by atoms with Crippen LogP contribution in [-0.4, -0.2) is 62.2 Å². The third-order valence-electron chi connectivity index (χ3n) is 2.18. The van der Waals surface area contributed by atoms with Crippen molar-refractivity contribution in [3.63, 3.8) is 0 Å². The Hall–Kier alpha value is -1.03. The van der Waals surface area contributed by atoms with Gasteiger partial charge in [0.2, 0.25) is 0 Å². The van der Waals surface area contributed by atoms with Crippen molar-refractivity contribution in [2.75, 3.05) is 41.8 Å². The normalized spacial score (nSPS) is 12.6. The fraction of sp³-hybridized carbons (Fsp3) is 0.750. The lowest BCUT2D eigenvalue weighted by Crippen LogP contribution is -2.55. The van der Waals surface area contributed by atoms with Gasteiger partial charge in [0.1, 0.15) is 0 Å². The molecule has 4 nitrogen and oxygen atoms in total. The molecule has 0 saturated carbocycles. The Morgan fingerprint density at radius 2 is 1.75 bits per heavy atom. The molecule has 0 N–H and O–H groups in total. The van der Waals surface area contributed by atoms with Crippen molar-refractivity contribution >= 4 is 5.91 Å². The summed E-state index contributed by atoms with van der Waals surface area (Å²) in [5, 5.41) is 1.87. The summed E-state index contributed by atoms with van der Waals surface area (Å²) in [4.78, 5) is 14.1. The third kappa shape index (κ3) is 4.66. The number of hydrogen-bond donors (Lipinski definition) is 0. The first kappa shape index (κ1) is 15.0. The van der Waals surface area contributed by atoms with E-state index in [0.717, 1.165) is 18.5 Å². The minimum absolute atomic E-state index is 0.100. The van der Waals surface area contributed by atoms with Crippen LogP contribution in [0.5, 0.6) is 0 Å². The molecule has 0 aromatic carbocycles. The lowest BCUT2D eigenvalue weighted by molar-refractivity contribution is -0.973. The molecule has 0 aromatic rings. The van der Waals surface area contributed by atoms with E-state index in [4.69, 9.17) is 0 Å².